The summed E-state index contributed by atoms with van der Waals surface area (Å²) >= 11 is 2.78. The van der Waals surface area contributed by atoms with E-state index < -0.39 is 10.8 Å². The number of halogens is 1. The van der Waals surface area contributed by atoms with Crippen molar-refractivity contribution in [1.82, 2.24) is 0 Å². The van der Waals surface area contributed by atoms with E-state index in [-0.39, 0.29) is 0 Å². The minimum absolute atomic E-state index is 0.530. The maximum Gasteiger partial charge on any atom is 0.0548 e. The van der Waals surface area contributed by atoms with Gasteiger partial charge in [-0.3, -0.25) is 0 Å². The molecule has 0 aliphatic rings. The first kappa shape index (κ1) is 5.95. The van der Waals surface area contributed by atoms with Gasteiger partial charge >= 0.3 is 0 Å². The molecule has 36 valence electrons. The molecule has 0 radical (unpaired) electrons. The van der Waals surface area contributed by atoms with Crippen LogP contribution >= 0.6 is 15.9 Å². The number of carboxylic acids is 1. The molecule has 0 aliphatic heterocycles. The molecule has 0 aromatic carbocycles. The van der Waals surface area contributed by atoms with E-state index >= 15 is 0 Å². The molecule has 0 heterocycles. The summed E-state index contributed by atoms with van der Waals surface area (Å²) < 4.78 is 0. The Hall–Kier alpha value is -0.0500. The average molecular weight is 152 g/mol. The highest BCUT2D eigenvalue weighted by Crippen LogP contribution is 1.91. The normalized spacial score (nSPS) is 13.7. The second kappa shape index (κ2) is 2.18. The lowest BCUT2D eigenvalue weighted by Gasteiger charge is -1.99. The Balaban J connectivity index is 3.26. The summed E-state index contributed by atoms with van der Waals surface area (Å²) in [6.07, 6.45) is 0. The first-order valence-electron chi connectivity index (χ1n) is 1.49. The summed E-state index contributed by atoms with van der Waals surface area (Å²) in [7, 11) is 0. The molecule has 0 N–H and O–H groups in total. The van der Waals surface area contributed by atoms with Crippen LogP contribution in [0.1, 0.15) is 6.92 Å². The summed E-state index contributed by atoms with van der Waals surface area (Å²) in [4.78, 5) is 9.01. The Morgan fingerprint density at radius 1 is 2.00 bits per heavy atom. The van der Waals surface area contributed by atoms with E-state index in [1.54, 1.807) is 0 Å². The van der Waals surface area contributed by atoms with Crippen LogP contribution in [0.5, 0.6) is 0 Å². The largest absolute Gasteiger partial charge is 0.549 e. The Morgan fingerprint density at radius 2 is 2.17 bits per heavy atom. The Morgan fingerprint density at radius 3 is 2.17 bits per heavy atom. The molecule has 0 saturated heterocycles. The van der Waals surface area contributed by atoms with Gasteiger partial charge in [-0.2, -0.15) is 0 Å². The van der Waals surface area contributed by atoms with Crippen LogP contribution in [0.2, 0.25) is 0 Å². The van der Waals surface area contributed by atoms with Crippen LogP contribution in [0, 0.1) is 0 Å². The van der Waals surface area contributed by atoms with Crippen LogP contribution in [-0.4, -0.2) is 10.8 Å². The lowest BCUT2D eigenvalue weighted by atomic mass is 10.5. The molecule has 2 nitrogen and oxygen atoms in total. The van der Waals surface area contributed by atoms with E-state index in [2.05, 4.69) is 15.9 Å². The van der Waals surface area contributed by atoms with E-state index in [0.717, 1.165) is 0 Å². The van der Waals surface area contributed by atoms with Crippen molar-refractivity contribution in [3.8, 4) is 0 Å². The van der Waals surface area contributed by atoms with Crippen LogP contribution in [-0.2, 0) is 4.79 Å². The molecule has 0 spiro atoms. The first-order valence-corrected chi connectivity index (χ1v) is 2.41. The maximum atomic E-state index is 9.54. The molecule has 0 saturated carbocycles. The van der Waals surface area contributed by atoms with E-state index in [1.807, 2.05) is 0 Å². The summed E-state index contributed by atoms with van der Waals surface area (Å²) in [5.41, 5.74) is 0. The topological polar surface area (TPSA) is 40.1 Å². The molecule has 1 atom stereocenters. The third-order valence-corrected chi connectivity index (χ3v) is 0.699. The minimum Gasteiger partial charge on any atom is -0.549 e. The third kappa shape index (κ3) is 2.20. The van der Waals surface area contributed by atoms with Crippen LogP contribution < -0.4 is 5.11 Å². The van der Waals surface area contributed by atoms with Gasteiger partial charge in [0.1, 0.15) is 0 Å². The summed E-state index contributed by atoms with van der Waals surface area (Å²) in [5.74, 6) is -1.07. The van der Waals surface area contributed by atoms with Crippen molar-refractivity contribution in [3.05, 3.63) is 0 Å². The molecule has 0 unspecified atom stereocenters. The molecular formula is C3H4BrO2-. The van der Waals surface area contributed by atoms with Crippen molar-refractivity contribution in [2.75, 3.05) is 0 Å². The molecule has 0 aromatic heterocycles. The molecule has 0 aromatic rings. The SMILES string of the molecule is C[C@@H](Br)C(=O)[O-]. The number of rotatable bonds is 1. The van der Waals surface area contributed by atoms with Crippen LogP contribution in [0.3, 0.4) is 0 Å². The van der Waals surface area contributed by atoms with Gasteiger partial charge in [-0.15, -0.1) is 0 Å². The monoisotopic (exact) mass is 151 g/mol. The van der Waals surface area contributed by atoms with Crippen molar-refractivity contribution in [1.29, 1.82) is 0 Å². The molecule has 0 amide bonds. The van der Waals surface area contributed by atoms with Crippen molar-refractivity contribution < 1.29 is 9.90 Å². The summed E-state index contributed by atoms with van der Waals surface area (Å²) in [5, 5.41) is 9.54. The van der Waals surface area contributed by atoms with Gasteiger partial charge in [-0.25, -0.2) is 0 Å². The quantitative estimate of drug-likeness (QED) is 0.476. The number of carbonyl (C=O) groups excluding carboxylic acids is 1. The van der Waals surface area contributed by atoms with Crippen molar-refractivity contribution in [3.63, 3.8) is 0 Å². The van der Waals surface area contributed by atoms with Crippen LogP contribution in [0.4, 0.5) is 0 Å². The van der Waals surface area contributed by atoms with Gasteiger partial charge in [-0.05, 0) is 6.92 Å². The summed E-state index contributed by atoms with van der Waals surface area (Å²) in [6.45, 7) is 1.50. The fraction of sp³-hybridized carbons (Fsp3) is 0.667. The fourth-order valence-corrected chi connectivity index (χ4v) is 0. The van der Waals surface area contributed by atoms with Crippen LogP contribution in [0.15, 0.2) is 0 Å². The molecule has 3 heteroatoms. The van der Waals surface area contributed by atoms with Gasteiger partial charge in [0.05, 0.1) is 10.8 Å². The number of carboxylic acid groups (broad SMARTS) is 1. The van der Waals surface area contributed by atoms with Crippen molar-refractivity contribution in [2.24, 2.45) is 0 Å². The zero-order valence-corrected chi connectivity index (χ0v) is 4.86. The Kier molecular flexibility index (Phi) is 2.16. The minimum atomic E-state index is -1.07. The number of alkyl halides is 1. The molecule has 0 aliphatic carbocycles. The smallest absolute Gasteiger partial charge is 0.0548 e. The number of hydrogen-bond donors (Lipinski definition) is 0. The van der Waals surface area contributed by atoms with Gasteiger partial charge in [0.15, 0.2) is 0 Å². The van der Waals surface area contributed by atoms with Gasteiger partial charge in [0.25, 0.3) is 0 Å². The van der Waals surface area contributed by atoms with E-state index in [9.17, 15) is 9.90 Å². The second-order valence-electron chi connectivity index (χ2n) is 0.935. The molecule has 0 rings (SSSR count). The van der Waals surface area contributed by atoms with Gasteiger partial charge < -0.3 is 9.90 Å². The highest BCUT2D eigenvalue weighted by molar-refractivity contribution is 9.10. The lowest BCUT2D eigenvalue weighted by Crippen LogP contribution is -2.29. The van der Waals surface area contributed by atoms with E-state index in [1.165, 1.54) is 6.92 Å². The Labute approximate surface area is 44.3 Å². The lowest BCUT2D eigenvalue weighted by molar-refractivity contribution is -0.304. The zero-order valence-electron chi connectivity index (χ0n) is 3.27. The maximum absolute atomic E-state index is 9.54. The highest BCUT2D eigenvalue weighted by Gasteiger charge is 1.89. The van der Waals surface area contributed by atoms with Gasteiger partial charge in [0, 0.05) is 0 Å². The predicted octanol–water partition coefficient (Wildman–Crippen LogP) is -0.480. The van der Waals surface area contributed by atoms with Crippen molar-refractivity contribution >= 4 is 21.9 Å². The first-order chi connectivity index (χ1) is 2.64. The molecular weight excluding hydrogens is 148 g/mol. The van der Waals surface area contributed by atoms with E-state index in [4.69, 9.17) is 0 Å². The molecule has 0 fully saturated rings. The highest BCUT2D eigenvalue weighted by atomic mass is 79.9. The van der Waals surface area contributed by atoms with Gasteiger partial charge in [-0.1, -0.05) is 15.9 Å². The summed E-state index contributed by atoms with van der Waals surface area (Å²) in [6, 6.07) is 0. The Bertz CT molecular complexity index is 59.8. The zero-order chi connectivity index (χ0) is 5.15. The number of aliphatic carboxylic acids is 1. The van der Waals surface area contributed by atoms with Gasteiger partial charge in [0.2, 0.25) is 0 Å². The molecule has 0 bridgehead atoms. The number of hydrogen-bond acceptors (Lipinski definition) is 2. The third-order valence-electron chi connectivity index (χ3n) is 0.325. The van der Waals surface area contributed by atoms with Crippen molar-refractivity contribution in [2.45, 2.75) is 11.8 Å². The standard InChI is InChI=1S/C3H5BrO2/c1-2(4)3(5)6/h2H,1H3,(H,5,6)/p-1/t2-/m1/s1. The predicted molar refractivity (Wildman–Crippen MR) is 23.4 cm³/mol. The van der Waals surface area contributed by atoms with E-state index in [0.29, 0.717) is 0 Å². The fourth-order valence-electron chi connectivity index (χ4n) is 0. The number of carbonyl (C=O) groups is 1. The average Bonchev–Trinajstić information content (AvgIpc) is 1.36. The second-order valence-corrected chi connectivity index (χ2v) is 2.31. The van der Waals surface area contributed by atoms with Crippen LogP contribution in [0.25, 0.3) is 0 Å². The molecule has 6 heavy (non-hydrogen) atoms.